The Labute approximate surface area is 107 Å². The van der Waals surface area contributed by atoms with Crippen molar-refractivity contribution in [2.75, 3.05) is 0 Å². The topological polar surface area (TPSA) is 0 Å². The van der Waals surface area contributed by atoms with Gasteiger partial charge in [0.05, 0.1) is 0 Å². The van der Waals surface area contributed by atoms with E-state index in [-0.39, 0.29) is 5.41 Å². The fourth-order valence-electron chi connectivity index (χ4n) is 2.03. The Kier molecular flexibility index (Phi) is 4.56. The van der Waals surface area contributed by atoms with Crippen LogP contribution in [0.2, 0.25) is 0 Å². The van der Waals surface area contributed by atoms with Crippen LogP contribution in [-0.2, 0) is 5.41 Å². The molecule has 0 saturated heterocycles. The minimum absolute atomic E-state index is 0.243. The van der Waals surface area contributed by atoms with Gasteiger partial charge >= 0.3 is 0 Å². The molecule has 0 aromatic heterocycles. The van der Waals surface area contributed by atoms with Gasteiger partial charge in [0.15, 0.2) is 0 Å². The molecule has 0 saturated carbocycles. The summed E-state index contributed by atoms with van der Waals surface area (Å²) in [4.78, 5) is 0. The largest absolute Gasteiger partial charge is 0.0838 e. The molecule has 0 nitrogen and oxygen atoms in total. The lowest BCUT2D eigenvalue weighted by molar-refractivity contribution is 0.590. The lowest BCUT2D eigenvalue weighted by atomic mass is 9.85. The number of hydrogen-bond acceptors (Lipinski definition) is 0. The van der Waals surface area contributed by atoms with E-state index >= 15 is 0 Å². The summed E-state index contributed by atoms with van der Waals surface area (Å²) >= 11 is 0. The summed E-state index contributed by atoms with van der Waals surface area (Å²) in [6.07, 6.45) is 3.40. The van der Waals surface area contributed by atoms with Crippen LogP contribution in [0.5, 0.6) is 0 Å². The van der Waals surface area contributed by atoms with E-state index in [9.17, 15) is 0 Å². The minimum Gasteiger partial charge on any atom is -0.0838 e. The van der Waals surface area contributed by atoms with Crippen molar-refractivity contribution < 1.29 is 0 Å². The summed E-state index contributed by atoms with van der Waals surface area (Å²) in [7, 11) is 0. The van der Waals surface area contributed by atoms with Crippen LogP contribution >= 0.6 is 0 Å². The van der Waals surface area contributed by atoms with E-state index in [4.69, 9.17) is 0 Å². The van der Waals surface area contributed by atoms with Crippen LogP contribution in [-0.4, -0.2) is 0 Å². The lowest BCUT2D eigenvalue weighted by Crippen LogP contribution is -2.10. The highest BCUT2D eigenvalue weighted by molar-refractivity contribution is 5.65. The molecule has 0 radical (unpaired) electrons. The highest BCUT2D eigenvalue weighted by Crippen LogP contribution is 2.26. The zero-order valence-electron chi connectivity index (χ0n) is 12.2. The maximum absolute atomic E-state index is 2.27. The Balaban J connectivity index is 2.94. The van der Waals surface area contributed by atoms with Gasteiger partial charge < -0.3 is 0 Å². The van der Waals surface area contributed by atoms with Gasteiger partial charge in [-0.2, -0.15) is 0 Å². The average molecular weight is 230 g/mol. The third kappa shape index (κ3) is 4.03. The molecule has 1 rings (SSSR count). The van der Waals surface area contributed by atoms with Crippen molar-refractivity contribution >= 4 is 5.57 Å². The van der Waals surface area contributed by atoms with Crippen molar-refractivity contribution in [1.82, 2.24) is 0 Å². The Morgan fingerprint density at radius 1 is 1.12 bits per heavy atom. The molecular weight excluding hydrogens is 204 g/mol. The molecule has 0 aliphatic carbocycles. The molecule has 0 N–H and O–H groups in total. The molecule has 1 aromatic rings. The fraction of sp³-hybridized carbons (Fsp3) is 0.529. The van der Waals surface area contributed by atoms with Crippen LogP contribution in [0.3, 0.4) is 0 Å². The summed E-state index contributed by atoms with van der Waals surface area (Å²) in [5.74, 6) is 0.712. The second-order valence-corrected chi connectivity index (χ2v) is 6.24. The van der Waals surface area contributed by atoms with E-state index in [1.807, 2.05) is 0 Å². The minimum atomic E-state index is 0.243. The van der Waals surface area contributed by atoms with Crippen LogP contribution in [0.1, 0.15) is 59.1 Å². The van der Waals surface area contributed by atoms with Crippen LogP contribution in [0.25, 0.3) is 5.57 Å². The molecule has 0 fully saturated rings. The average Bonchev–Trinajstić information content (AvgIpc) is 2.24. The number of rotatable bonds is 3. The SMILES string of the molecule is C/C=C(\CC(C)C)c1ccc(C(C)(C)C)cc1. The van der Waals surface area contributed by atoms with Gasteiger partial charge in [-0.3, -0.25) is 0 Å². The molecule has 0 heterocycles. The Morgan fingerprint density at radius 2 is 1.65 bits per heavy atom. The summed E-state index contributed by atoms with van der Waals surface area (Å²) < 4.78 is 0. The first-order chi connectivity index (χ1) is 7.84. The van der Waals surface area contributed by atoms with Crippen LogP contribution in [0.15, 0.2) is 30.3 Å². The molecular formula is C17H26. The van der Waals surface area contributed by atoms with Gasteiger partial charge in [-0.25, -0.2) is 0 Å². The van der Waals surface area contributed by atoms with E-state index in [0.717, 1.165) is 6.42 Å². The molecule has 17 heavy (non-hydrogen) atoms. The van der Waals surface area contributed by atoms with Crippen molar-refractivity contribution in [3.63, 3.8) is 0 Å². The van der Waals surface area contributed by atoms with E-state index in [2.05, 4.69) is 71.9 Å². The normalized spacial score (nSPS) is 13.2. The highest BCUT2D eigenvalue weighted by Gasteiger charge is 2.13. The third-order valence-electron chi connectivity index (χ3n) is 3.10. The van der Waals surface area contributed by atoms with Gasteiger partial charge in [-0.1, -0.05) is 65.0 Å². The third-order valence-corrected chi connectivity index (χ3v) is 3.10. The standard InChI is InChI=1S/C17H26/c1-7-14(12-13(2)3)15-8-10-16(11-9-15)17(4,5)6/h7-11,13H,12H2,1-6H3/b14-7+. The summed E-state index contributed by atoms with van der Waals surface area (Å²) in [5, 5.41) is 0. The second kappa shape index (κ2) is 5.53. The van der Waals surface area contributed by atoms with Gasteiger partial charge in [0.2, 0.25) is 0 Å². The molecule has 0 amide bonds. The van der Waals surface area contributed by atoms with Gasteiger partial charge in [-0.05, 0) is 41.4 Å². The molecule has 1 aromatic carbocycles. The van der Waals surface area contributed by atoms with E-state index in [1.165, 1.54) is 16.7 Å². The zero-order chi connectivity index (χ0) is 13.1. The van der Waals surface area contributed by atoms with Crippen molar-refractivity contribution in [2.45, 2.75) is 53.4 Å². The van der Waals surface area contributed by atoms with Gasteiger partial charge in [0.25, 0.3) is 0 Å². The first-order valence-electron chi connectivity index (χ1n) is 6.60. The first-order valence-corrected chi connectivity index (χ1v) is 6.60. The predicted octanol–water partition coefficient (Wildman–Crippen LogP) is 5.43. The predicted molar refractivity (Wildman–Crippen MR) is 78.2 cm³/mol. The maximum Gasteiger partial charge on any atom is -0.0132 e. The van der Waals surface area contributed by atoms with E-state index in [1.54, 1.807) is 0 Å². The molecule has 0 heteroatoms. The van der Waals surface area contributed by atoms with Crippen LogP contribution in [0, 0.1) is 5.92 Å². The van der Waals surface area contributed by atoms with Crippen molar-refractivity contribution in [3.05, 3.63) is 41.5 Å². The fourth-order valence-corrected chi connectivity index (χ4v) is 2.03. The molecule has 0 atom stereocenters. The summed E-state index contributed by atoms with van der Waals surface area (Å²) in [5.41, 5.74) is 4.48. The number of hydrogen-bond donors (Lipinski definition) is 0. The van der Waals surface area contributed by atoms with Gasteiger partial charge in [0, 0.05) is 0 Å². The molecule has 0 bridgehead atoms. The monoisotopic (exact) mass is 230 g/mol. The molecule has 0 spiro atoms. The Bertz CT molecular complexity index is 371. The van der Waals surface area contributed by atoms with Crippen molar-refractivity contribution in [3.8, 4) is 0 Å². The van der Waals surface area contributed by atoms with Crippen molar-refractivity contribution in [1.29, 1.82) is 0 Å². The van der Waals surface area contributed by atoms with Crippen LogP contribution < -0.4 is 0 Å². The summed E-state index contributed by atoms with van der Waals surface area (Å²) in [6, 6.07) is 9.05. The van der Waals surface area contributed by atoms with E-state index in [0.29, 0.717) is 5.92 Å². The molecule has 0 unspecified atom stereocenters. The second-order valence-electron chi connectivity index (χ2n) is 6.24. The van der Waals surface area contributed by atoms with Gasteiger partial charge in [-0.15, -0.1) is 0 Å². The molecule has 0 aliphatic heterocycles. The smallest absolute Gasteiger partial charge is 0.0132 e. The van der Waals surface area contributed by atoms with Gasteiger partial charge in [0.1, 0.15) is 0 Å². The highest BCUT2D eigenvalue weighted by atomic mass is 14.2. The zero-order valence-corrected chi connectivity index (χ0v) is 12.2. The Morgan fingerprint density at radius 3 is 2.00 bits per heavy atom. The van der Waals surface area contributed by atoms with Crippen molar-refractivity contribution in [2.24, 2.45) is 5.92 Å². The Hall–Kier alpha value is -1.04. The molecule has 94 valence electrons. The number of benzene rings is 1. The van der Waals surface area contributed by atoms with Crippen LogP contribution in [0.4, 0.5) is 0 Å². The lowest BCUT2D eigenvalue weighted by Gasteiger charge is -2.19. The first kappa shape index (κ1) is 14.0. The maximum atomic E-state index is 2.27. The molecule has 0 aliphatic rings. The number of allylic oxidation sites excluding steroid dienone is 2. The quantitative estimate of drug-likeness (QED) is 0.649. The van der Waals surface area contributed by atoms with E-state index < -0.39 is 0 Å². The summed E-state index contributed by atoms with van der Waals surface area (Å²) in [6.45, 7) is 13.4.